The number of hydrogen-bond acceptors (Lipinski definition) is 8. The van der Waals surface area contributed by atoms with E-state index in [0.29, 0.717) is 24.9 Å². The van der Waals surface area contributed by atoms with E-state index in [1.54, 1.807) is 11.9 Å². The fraction of sp³-hybridized carbons (Fsp3) is 0.743. The first kappa shape index (κ1) is 38.9. The van der Waals surface area contributed by atoms with Gasteiger partial charge in [0.25, 0.3) is 0 Å². The van der Waals surface area contributed by atoms with Gasteiger partial charge < -0.3 is 21.1 Å². The number of carbonyl (C=O) groups excluding carboxylic acids is 3. The van der Waals surface area contributed by atoms with E-state index in [4.69, 9.17) is 0 Å². The molecule has 0 spiro atoms. The van der Waals surface area contributed by atoms with Crippen molar-refractivity contribution in [2.45, 2.75) is 115 Å². The molecule has 1 saturated heterocycles. The number of amides is 3. The Morgan fingerprint density at radius 3 is 2.21 bits per heavy atom. The second kappa shape index (κ2) is 16.2. The van der Waals surface area contributed by atoms with E-state index in [1.807, 2.05) is 58.0 Å². The molecule has 1 aromatic carbocycles. The van der Waals surface area contributed by atoms with Gasteiger partial charge in [0, 0.05) is 24.9 Å². The molecule has 0 bridgehead atoms. The van der Waals surface area contributed by atoms with E-state index in [2.05, 4.69) is 20.9 Å². The highest BCUT2D eigenvalue weighted by atomic mass is 32.2. The minimum atomic E-state index is -3.81. The first-order chi connectivity index (χ1) is 21.8. The molecule has 1 heterocycles. The van der Waals surface area contributed by atoms with Crippen LogP contribution in [0.4, 0.5) is 0 Å². The average Bonchev–Trinajstić information content (AvgIpc) is 2.98. The Morgan fingerprint density at radius 1 is 1.02 bits per heavy atom. The lowest BCUT2D eigenvalue weighted by Crippen LogP contribution is -2.64. The highest BCUT2D eigenvalue weighted by Gasteiger charge is 2.46. The maximum atomic E-state index is 14.0. The van der Waals surface area contributed by atoms with Crippen LogP contribution in [-0.2, 0) is 30.6 Å². The van der Waals surface area contributed by atoms with Crippen LogP contribution in [0.25, 0.3) is 0 Å². The third-order valence-corrected chi connectivity index (χ3v) is 12.1. The number of β-amino-alcohol motifs (C(OH)–C–C–N with tert-alkyl or cyclic N) is 1. The number of likely N-dealkylation sites (N-methyl/N-ethyl adjacent to an activating group) is 1. The van der Waals surface area contributed by atoms with Crippen molar-refractivity contribution in [1.29, 1.82) is 0 Å². The van der Waals surface area contributed by atoms with Crippen molar-refractivity contribution in [3.8, 4) is 0 Å². The number of hydrogen-bond donors (Lipinski definition) is 4. The van der Waals surface area contributed by atoms with Gasteiger partial charge in [-0.2, -0.15) is 0 Å². The summed E-state index contributed by atoms with van der Waals surface area (Å²) in [6.45, 7) is 12.0. The minimum absolute atomic E-state index is 0.00860. The van der Waals surface area contributed by atoms with Gasteiger partial charge in [0.05, 0.1) is 29.5 Å². The Morgan fingerprint density at radius 2 is 1.64 bits per heavy atom. The Labute approximate surface area is 282 Å². The van der Waals surface area contributed by atoms with E-state index in [-0.39, 0.29) is 25.4 Å². The van der Waals surface area contributed by atoms with Gasteiger partial charge in [-0.25, -0.2) is 8.42 Å². The van der Waals surface area contributed by atoms with Crippen molar-refractivity contribution in [3.63, 3.8) is 0 Å². The number of nitrogens with one attached hydrogen (secondary N) is 3. The van der Waals surface area contributed by atoms with Crippen LogP contribution in [0.2, 0.25) is 0 Å². The summed E-state index contributed by atoms with van der Waals surface area (Å²) < 4.78 is 24.2. The summed E-state index contributed by atoms with van der Waals surface area (Å²) >= 11 is 0. The second-order valence-electron chi connectivity index (χ2n) is 15.3. The molecule has 3 amide bonds. The molecule has 0 radical (unpaired) electrons. The summed E-state index contributed by atoms with van der Waals surface area (Å²) in [5.74, 6) is -0.335. The molecule has 1 aliphatic carbocycles. The lowest BCUT2D eigenvalue weighted by atomic mass is 9.72. The molecular weight excluding hydrogens is 618 g/mol. The first-order valence-electron chi connectivity index (χ1n) is 17.1. The Hall–Kier alpha value is -2.54. The van der Waals surface area contributed by atoms with Crippen LogP contribution in [0.1, 0.15) is 79.2 Å². The van der Waals surface area contributed by atoms with Crippen LogP contribution in [0, 0.1) is 11.8 Å². The van der Waals surface area contributed by atoms with E-state index in [1.165, 1.54) is 20.3 Å². The number of fused-ring (bicyclic) bond motifs is 1. The Kier molecular flexibility index (Phi) is 13.4. The summed E-state index contributed by atoms with van der Waals surface area (Å²) in [5, 5.41) is 20.6. The summed E-state index contributed by atoms with van der Waals surface area (Å²) in [7, 11) is -2.05. The molecular formula is C35H59N5O6S. The number of benzene rings is 1. The molecule has 12 heteroatoms. The van der Waals surface area contributed by atoms with Crippen LogP contribution in [0.5, 0.6) is 0 Å². The number of nitrogens with zero attached hydrogens (tertiary/aromatic N) is 2. The molecule has 6 atom stereocenters. The number of aliphatic hydroxyl groups is 1. The molecule has 2 fully saturated rings. The fourth-order valence-electron chi connectivity index (χ4n) is 6.74. The zero-order valence-electron chi connectivity index (χ0n) is 29.7. The minimum Gasteiger partial charge on any atom is -0.390 e. The highest BCUT2D eigenvalue weighted by molar-refractivity contribution is 7.92. The number of aliphatic hydroxyl groups excluding tert-OH is 1. The maximum Gasteiger partial charge on any atom is 0.244 e. The average molecular weight is 678 g/mol. The van der Waals surface area contributed by atoms with Crippen molar-refractivity contribution in [2.75, 3.05) is 39.5 Å². The highest BCUT2D eigenvalue weighted by Crippen LogP contribution is 2.39. The van der Waals surface area contributed by atoms with E-state index in [0.717, 1.165) is 37.5 Å². The monoisotopic (exact) mass is 677 g/mol. The van der Waals surface area contributed by atoms with E-state index < -0.39 is 56.2 Å². The van der Waals surface area contributed by atoms with Gasteiger partial charge in [-0.05, 0) is 84.9 Å². The molecule has 2 aliphatic rings. The van der Waals surface area contributed by atoms with Crippen molar-refractivity contribution in [3.05, 3.63) is 35.9 Å². The number of rotatable bonds is 14. The molecule has 266 valence electrons. The van der Waals surface area contributed by atoms with Gasteiger partial charge in [0.15, 0.2) is 9.84 Å². The van der Waals surface area contributed by atoms with Crippen molar-refractivity contribution >= 4 is 27.6 Å². The maximum absolute atomic E-state index is 14.0. The molecule has 6 unspecified atom stereocenters. The van der Waals surface area contributed by atoms with Crippen LogP contribution in [-0.4, -0.2) is 115 Å². The van der Waals surface area contributed by atoms with E-state index >= 15 is 0 Å². The van der Waals surface area contributed by atoms with Gasteiger partial charge in [-0.3, -0.25) is 24.2 Å². The van der Waals surface area contributed by atoms with Crippen LogP contribution in [0.3, 0.4) is 0 Å². The number of piperidine rings is 1. The fourth-order valence-corrected chi connectivity index (χ4v) is 7.34. The third kappa shape index (κ3) is 11.0. The van der Waals surface area contributed by atoms with Crippen LogP contribution < -0.4 is 16.0 Å². The standard InChI is InChI=1S/C35H59N5O6S/c1-9-39(7)23-30(42)37-31(35(5,6)47(8,45)46)33(44)36-27(19-24-15-11-10-12-16-24)29(41)22-40-21-26-18-14-13-17-25(26)20-28(40)32(43)38-34(2,3)4/h10-12,15-16,25-29,31,41H,9,13-14,17-23H2,1-8H3,(H,36,44)(H,37,42)(H,38,43). The molecule has 3 rings (SSSR count). The topological polar surface area (TPSA) is 148 Å². The van der Waals surface area contributed by atoms with Crippen molar-refractivity contribution in [1.82, 2.24) is 25.8 Å². The summed E-state index contributed by atoms with van der Waals surface area (Å²) in [6.07, 6.45) is 5.45. The Balaban J connectivity index is 1.92. The summed E-state index contributed by atoms with van der Waals surface area (Å²) in [5.41, 5.74) is 0.462. The normalized spacial score (nSPS) is 22.9. The first-order valence-corrected chi connectivity index (χ1v) is 19.0. The van der Waals surface area contributed by atoms with Gasteiger partial charge in [0.2, 0.25) is 17.7 Å². The number of carbonyl (C=O) groups is 3. The van der Waals surface area contributed by atoms with Crippen molar-refractivity contribution < 1.29 is 27.9 Å². The molecule has 1 aliphatic heterocycles. The van der Waals surface area contributed by atoms with Gasteiger partial charge >= 0.3 is 0 Å². The van der Waals surface area contributed by atoms with Crippen LogP contribution in [0.15, 0.2) is 30.3 Å². The predicted octanol–water partition coefficient (Wildman–Crippen LogP) is 2.13. The zero-order chi connectivity index (χ0) is 35.2. The van der Waals surface area contributed by atoms with E-state index in [9.17, 15) is 27.9 Å². The lowest BCUT2D eigenvalue weighted by Gasteiger charge is -2.47. The third-order valence-electron chi connectivity index (χ3n) is 9.99. The second-order valence-corrected chi connectivity index (χ2v) is 17.9. The SMILES string of the molecule is CCN(C)CC(=O)NC(C(=O)NC(Cc1ccccc1)C(O)CN1CC2CCCCC2CC1C(=O)NC(C)(C)C)C(C)(C)S(C)(=O)=O. The lowest BCUT2D eigenvalue weighted by molar-refractivity contribution is -0.133. The van der Waals surface area contributed by atoms with Crippen LogP contribution >= 0.6 is 0 Å². The van der Waals surface area contributed by atoms with Gasteiger partial charge in [0.1, 0.15) is 6.04 Å². The molecule has 1 aromatic rings. The van der Waals surface area contributed by atoms with Gasteiger partial charge in [-0.15, -0.1) is 0 Å². The molecule has 0 aromatic heterocycles. The Bertz CT molecular complexity index is 1320. The number of likely N-dealkylation sites (tertiary alicyclic amines) is 1. The smallest absolute Gasteiger partial charge is 0.244 e. The molecule has 1 saturated carbocycles. The van der Waals surface area contributed by atoms with Crippen molar-refractivity contribution in [2.24, 2.45) is 11.8 Å². The molecule has 47 heavy (non-hydrogen) atoms. The largest absolute Gasteiger partial charge is 0.390 e. The number of sulfone groups is 1. The zero-order valence-corrected chi connectivity index (χ0v) is 30.5. The quantitative estimate of drug-likeness (QED) is 0.234. The predicted molar refractivity (Wildman–Crippen MR) is 185 cm³/mol. The summed E-state index contributed by atoms with van der Waals surface area (Å²) in [4.78, 5) is 44.4. The molecule has 4 N–H and O–H groups in total. The molecule has 11 nitrogen and oxygen atoms in total. The van der Waals surface area contributed by atoms with Gasteiger partial charge in [-0.1, -0.05) is 56.5 Å². The summed E-state index contributed by atoms with van der Waals surface area (Å²) in [6, 6.07) is 6.79.